The van der Waals surface area contributed by atoms with Crippen molar-refractivity contribution < 1.29 is 14.3 Å². The molecule has 2 fully saturated rings. The molecule has 0 bridgehead atoms. The molecule has 0 radical (unpaired) electrons. The predicted molar refractivity (Wildman–Crippen MR) is 76.5 cm³/mol. The highest BCUT2D eigenvalue weighted by Gasteiger charge is 2.72. The molecule has 1 aliphatic heterocycles. The Kier molecular flexibility index (Phi) is 3.46. The van der Waals surface area contributed by atoms with E-state index in [1.54, 1.807) is 11.8 Å². The molecule has 1 saturated carbocycles. The van der Waals surface area contributed by atoms with Crippen LogP contribution in [0, 0.1) is 0 Å². The lowest BCUT2D eigenvalue weighted by Gasteiger charge is -2.18. The fraction of sp³-hybridized carbons (Fsp3) is 0.467. The third-order valence-electron chi connectivity index (χ3n) is 3.82. The van der Waals surface area contributed by atoms with Crippen molar-refractivity contribution in [1.29, 1.82) is 0 Å². The van der Waals surface area contributed by atoms with E-state index in [2.05, 4.69) is 0 Å². The van der Waals surface area contributed by atoms with Gasteiger partial charge in [0.15, 0.2) is 10.7 Å². The van der Waals surface area contributed by atoms with Crippen LogP contribution in [-0.4, -0.2) is 34.3 Å². The topological polar surface area (TPSA) is 46.4 Å². The number of thioether (sulfide) groups is 1. The number of nitrogens with zero attached hydrogens (tertiary/aromatic N) is 1. The number of benzene rings is 1. The highest BCUT2D eigenvalue weighted by molar-refractivity contribution is 8.01. The fourth-order valence-electron chi connectivity index (χ4n) is 2.91. The van der Waals surface area contributed by atoms with E-state index in [0.29, 0.717) is 13.0 Å². The molecular formula is C15H17NO3S. The largest absolute Gasteiger partial charge is 0.450 e. The lowest BCUT2D eigenvalue weighted by atomic mass is 9.99. The maximum atomic E-state index is 12.4. The Morgan fingerprint density at radius 1 is 1.45 bits per heavy atom. The van der Waals surface area contributed by atoms with E-state index in [4.69, 9.17) is 4.74 Å². The predicted octanol–water partition coefficient (Wildman–Crippen LogP) is 3.07. The molecule has 5 heteroatoms. The van der Waals surface area contributed by atoms with Crippen LogP contribution in [0.2, 0.25) is 0 Å². The Labute approximate surface area is 122 Å². The van der Waals surface area contributed by atoms with Crippen molar-refractivity contribution in [3.05, 3.63) is 30.3 Å². The van der Waals surface area contributed by atoms with Crippen LogP contribution in [-0.2, 0) is 9.53 Å². The average molecular weight is 291 g/mol. The van der Waals surface area contributed by atoms with Gasteiger partial charge in [-0.15, -0.1) is 0 Å². The Balaban J connectivity index is 1.86. The number of hydrogen-bond acceptors (Lipinski definition) is 4. The van der Waals surface area contributed by atoms with E-state index in [9.17, 15) is 9.59 Å². The second-order valence-electron chi connectivity index (χ2n) is 5.01. The molecule has 0 aromatic heterocycles. The normalized spacial score (nSPS) is 27.9. The maximum Gasteiger partial charge on any atom is 0.411 e. The van der Waals surface area contributed by atoms with E-state index in [-0.39, 0.29) is 17.9 Å². The van der Waals surface area contributed by atoms with Crippen LogP contribution >= 0.6 is 11.8 Å². The number of fused-ring (bicyclic) bond motifs is 1. The SMILES string of the molecule is CCOC(=O)N1C2CCCC(=O)C21Sc1ccccc1. The average Bonchev–Trinajstić information content (AvgIpc) is 3.10. The number of ether oxygens (including phenoxy) is 1. The maximum absolute atomic E-state index is 12.4. The summed E-state index contributed by atoms with van der Waals surface area (Å²) in [6.07, 6.45) is 1.92. The summed E-state index contributed by atoms with van der Waals surface area (Å²) in [5, 5.41) is 0. The van der Waals surface area contributed by atoms with E-state index < -0.39 is 4.87 Å². The van der Waals surface area contributed by atoms with E-state index in [1.807, 2.05) is 30.3 Å². The van der Waals surface area contributed by atoms with Gasteiger partial charge in [-0.25, -0.2) is 4.79 Å². The second-order valence-corrected chi connectivity index (χ2v) is 6.31. The summed E-state index contributed by atoms with van der Waals surface area (Å²) in [5.41, 5.74) is 0. The van der Waals surface area contributed by atoms with Crippen molar-refractivity contribution in [2.24, 2.45) is 0 Å². The van der Waals surface area contributed by atoms with Gasteiger partial charge in [0, 0.05) is 11.3 Å². The summed E-state index contributed by atoms with van der Waals surface area (Å²) in [5.74, 6) is 0.149. The van der Waals surface area contributed by atoms with Gasteiger partial charge in [-0.1, -0.05) is 30.0 Å². The van der Waals surface area contributed by atoms with Gasteiger partial charge in [0.1, 0.15) is 0 Å². The molecule has 2 aliphatic rings. The molecular weight excluding hydrogens is 274 g/mol. The molecule has 2 unspecified atom stereocenters. The molecule has 1 saturated heterocycles. The third kappa shape index (κ3) is 2.00. The van der Waals surface area contributed by atoms with Crippen LogP contribution in [0.15, 0.2) is 35.2 Å². The molecule has 1 heterocycles. The summed E-state index contributed by atoms with van der Waals surface area (Å²) >= 11 is 1.49. The molecule has 20 heavy (non-hydrogen) atoms. The zero-order valence-electron chi connectivity index (χ0n) is 11.4. The van der Waals surface area contributed by atoms with Crippen LogP contribution in [0.25, 0.3) is 0 Å². The van der Waals surface area contributed by atoms with E-state index in [1.165, 1.54) is 11.8 Å². The quantitative estimate of drug-likeness (QED) is 0.803. The molecule has 1 amide bonds. The van der Waals surface area contributed by atoms with E-state index in [0.717, 1.165) is 17.7 Å². The molecule has 3 rings (SSSR count). The van der Waals surface area contributed by atoms with Crippen molar-refractivity contribution in [1.82, 2.24) is 4.90 Å². The van der Waals surface area contributed by atoms with Crippen molar-refractivity contribution in [3.8, 4) is 0 Å². The fourth-order valence-corrected chi connectivity index (χ4v) is 4.38. The molecule has 1 aromatic rings. The van der Waals surface area contributed by atoms with Crippen LogP contribution in [0.5, 0.6) is 0 Å². The zero-order chi connectivity index (χ0) is 14.2. The molecule has 1 aliphatic carbocycles. The highest BCUT2D eigenvalue weighted by Crippen LogP contribution is 2.58. The molecule has 2 atom stereocenters. The molecule has 0 spiro atoms. The van der Waals surface area contributed by atoms with Gasteiger partial charge >= 0.3 is 6.09 Å². The first-order chi connectivity index (χ1) is 9.70. The summed E-state index contributed by atoms with van der Waals surface area (Å²) in [6.45, 7) is 2.12. The summed E-state index contributed by atoms with van der Waals surface area (Å²) < 4.78 is 5.09. The molecule has 106 valence electrons. The van der Waals surface area contributed by atoms with E-state index >= 15 is 0 Å². The van der Waals surface area contributed by atoms with Crippen LogP contribution < -0.4 is 0 Å². The molecule has 1 aromatic carbocycles. The number of likely N-dealkylation sites (tertiary alicyclic amines) is 1. The first-order valence-corrected chi connectivity index (χ1v) is 7.75. The first-order valence-electron chi connectivity index (χ1n) is 6.93. The summed E-state index contributed by atoms with van der Waals surface area (Å²) in [6, 6.07) is 9.77. The zero-order valence-corrected chi connectivity index (χ0v) is 12.2. The van der Waals surface area contributed by atoms with Gasteiger partial charge < -0.3 is 4.74 Å². The lowest BCUT2D eigenvalue weighted by Crippen LogP contribution is -2.31. The molecule has 4 nitrogen and oxygen atoms in total. The van der Waals surface area contributed by atoms with Crippen LogP contribution in [0.3, 0.4) is 0 Å². The monoisotopic (exact) mass is 291 g/mol. The smallest absolute Gasteiger partial charge is 0.411 e. The minimum atomic E-state index is -0.716. The summed E-state index contributed by atoms with van der Waals surface area (Å²) in [4.78, 5) is 26.4. The van der Waals surface area contributed by atoms with Crippen molar-refractivity contribution in [3.63, 3.8) is 0 Å². The van der Waals surface area contributed by atoms with Gasteiger partial charge in [0.05, 0.1) is 12.6 Å². The van der Waals surface area contributed by atoms with Crippen molar-refractivity contribution >= 4 is 23.6 Å². The van der Waals surface area contributed by atoms with Gasteiger partial charge in [-0.05, 0) is 31.9 Å². The first kappa shape index (κ1) is 13.5. The summed E-state index contributed by atoms with van der Waals surface area (Å²) in [7, 11) is 0. The lowest BCUT2D eigenvalue weighted by molar-refractivity contribution is -0.120. The number of carbonyl (C=O) groups excluding carboxylic acids is 2. The Bertz CT molecular complexity index is 533. The minimum Gasteiger partial charge on any atom is -0.450 e. The number of ketones is 1. The highest BCUT2D eigenvalue weighted by atomic mass is 32.2. The number of amides is 1. The van der Waals surface area contributed by atoms with Crippen LogP contribution in [0.1, 0.15) is 26.2 Å². The standard InChI is InChI=1S/C15H17NO3S/c1-2-19-14(18)16-12-9-6-10-13(17)15(12,16)20-11-7-4-3-5-8-11/h3-5,7-8,12H,2,6,9-10H2,1H3. The Hall–Kier alpha value is -1.49. The number of carbonyl (C=O) groups is 2. The van der Waals surface area contributed by atoms with Gasteiger partial charge in [0.25, 0.3) is 0 Å². The van der Waals surface area contributed by atoms with Gasteiger partial charge in [-0.2, -0.15) is 0 Å². The van der Waals surface area contributed by atoms with Crippen LogP contribution in [0.4, 0.5) is 4.79 Å². The number of Topliss-reactive ketones (excluding diaryl/α,β-unsaturated/α-hetero) is 1. The molecule has 0 N–H and O–H groups in total. The van der Waals surface area contributed by atoms with Crippen molar-refractivity contribution in [2.75, 3.05) is 6.61 Å². The Morgan fingerprint density at radius 2 is 2.20 bits per heavy atom. The van der Waals surface area contributed by atoms with Crippen molar-refractivity contribution in [2.45, 2.75) is 42.0 Å². The Morgan fingerprint density at radius 3 is 2.90 bits per heavy atom. The van der Waals surface area contributed by atoms with Gasteiger partial charge in [0.2, 0.25) is 0 Å². The number of rotatable bonds is 3. The number of hydrogen-bond donors (Lipinski definition) is 0. The second kappa shape index (κ2) is 5.13. The third-order valence-corrected chi connectivity index (χ3v) is 5.33. The van der Waals surface area contributed by atoms with Gasteiger partial charge in [-0.3, -0.25) is 9.69 Å². The minimum absolute atomic E-state index is 0.00648.